The van der Waals surface area contributed by atoms with Gasteiger partial charge in [0.25, 0.3) is 5.91 Å². The number of hydrogen-bond acceptors (Lipinski definition) is 4. The summed E-state index contributed by atoms with van der Waals surface area (Å²) in [5, 5.41) is 3.53. The standard InChI is InChI=1S/C24H32N2O3/c1-3-4-5-8-18-29-20-14-12-19(13-15-20)23-25-22-11-7-6-10-21(22)24(27)26(23)16-9-17-28-2/h6-7,10-15,23,25H,3-5,8-9,16-18H2,1-2H3. The number of nitrogens with zero attached hydrogens (tertiary/aromatic N) is 1. The summed E-state index contributed by atoms with van der Waals surface area (Å²) in [7, 11) is 1.68. The fourth-order valence-corrected chi connectivity index (χ4v) is 3.63. The van der Waals surface area contributed by atoms with E-state index in [0.29, 0.717) is 18.7 Å². The van der Waals surface area contributed by atoms with Gasteiger partial charge in [-0.15, -0.1) is 0 Å². The lowest BCUT2D eigenvalue weighted by Gasteiger charge is -2.38. The Morgan fingerprint density at radius 3 is 2.52 bits per heavy atom. The smallest absolute Gasteiger partial charge is 0.257 e. The number of methoxy groups -OCH3 is 1. The summed E-state index contributed by atoms with van der Waals surface area (Å²) in [6.07, 6.45) is 5.36. The third-order valence-corrected chi connectivity index (χ3v) is 5.23. The van der Waals surface area contributed by atoms with Gasteiger partial charge < -0.3 is 19.7 Å². The Hall–Kier alpha value is -2.53. The first kappa shape index (κ1) is 21.2. The van der Waals surface area contributed by atoms with Crippen LogP contribution in [0.1, 0.15) is 61.1 Å². The summed E-state index contributed by atoms with van der Waals surface area (Å²) in [5.41, 5.74) is 2.64. The number of carbonyl (C=O) groups excluding carboxylic acids is 1. The van der Waals surface area contributed by atoms with Gasteiger partial charge in [-0.2, -0.15) is 0 Å². The number of unbranched alkanes of at least 4 members (excludes halogenated alkanes) is 3. The molecule has 5 heteroatoms. The molecule has 1 amide bonds. The maximum Gasteiger partial charge on any atom is 0.257 e. The molecule has 0 aromatic heterocycles. The molecular formula is C24H32N2O3. The Morgan fingerprint density at radius 1 is 0.966 bits per heavy atom. The number of ether oxygens (including phenoxy) is 2. The second-order valence-corrected chi connectivity index (χ2v) is 7.42. The number of fused-ring (bicyclic) bond motifs is 1. The van der Waals surface area contributed by atoms with Crippen LogP contribution in [0.3, 0.4) is 0 Å². The van der Waals surface area contributed by atoms with E-state index in [2.05, 4.69) is 12.2 Å². The van der Waals surface area contributed by atoms with Gasteiger partial charge in [0.1, 0.15) is 11.9 Å². The van der Waals surface area contributed by atoms with Crippen LogP contribution in [0, 0.1) is 0 Å². The molecule has 1 atom stereocenters. The van der Waals surface area contributed by atoms with Gasteiger partial charge >= 0.3 is 0 Å². The summed E-state index contributed by atoms with van der Waals surface area (Å²) in [6, 6.07) is 15.8. The molecule has 156 valence electrons. The fraction of sp³-hybridized carbons (Fsp3) is 0.458. The lowest BCUT2D eigenvalue weighted by atomic mass is 10.0. The molecule has 1 heterocycles. The van der Waals surface area contributed by atoms with Gasteiger partial charge in [0.05, 0.1) is 12.2 Å². The predicted molar refractivity (Wildman–Crippen MR) is 116 cm³/mol. The lowest BCUT2D eigenvalue weighted by Crippen LogP contribution is -2.43. The molecule has 29 heavy (non-hydrogen) atoms. The first-order chi connectivity index (χ1) is 14.2. The van der Waals surface area contributed by atoms with Crippen LogP contribution in [0.15, 0.2) is 48.5 Å². The van der Waals surface area contributed by atoms with Crippen molar-refractivity contribution in [2.45, 2.75) is 45.2 Å². The van der Waals surface area contributed by atoms with Gasteiger partial charge in [-0.25, -0.2) is 0 Å². The number of carbonyl (C=O) groups is 1. The van der Waals surface area contributed by atoms with Crippen molar-refractivity contribution in [1.29, 1.82) is 0 Å². The van der Waals surface area contributed by atoms with Crippen LogP contribution in [0.5, 0.6) is 5.75 Å². The Morgan fingerprint density at radius 2 is 1.76 bits per heavy atom. The Labute approximate surface area is 174 Å². The molecule has 0 spiro atoms. The zero-order valence-electron chi connectivity index (χ0n) is 17.5. The van der Waals surface area contributed by atoms with E-state index >= 15 is 0 Å². The molecule has 0 saturated carbocycles. The van der Waals surface area contributed by atoms with Crippen LogP contribution >= 0.6 is 0 Å². The van der Waals surface area contributed by atoms with Gasteiger partial charge in [-0.05, 0) is 42.7 Å². The van der Waals surface area contributed by atoms with Crippen molar-refractivity contribution in [2.24, 2.45) is 0 Å². The molecular weight excluding hydrogens is 364 g/mol. The average Bonchev–Trinajstić information content (AvgIpc) is 2.76. The van der Waals surface area contributed by atoms with E-state index in [-0.39, 0.29) is 12.1 Å². The minimum Gasteiger partial charge on any atom is -0.494 e. The fourth-order valence-electron chi connectivity index (χ4n) is 3.63. The molecule has 1 N–H and O–H groups in total. The normalized spacial score (nSPS) is 15.7. The Bertz CT molecular complexity index is 776. The van der Waals surface area contributed by atoms with Gasteiger partial charge in [-0.3, -0.25) is 4.79 Å². The van der Waals surface area contributed by atoms with Crippen molar-refractivity contribution >= 4 is 11.6 Å². The number of benzene rings is 2. The van der Waals surface area contributed by atoms with Crippen LogP contribution < -0.4 is 10.1 Å². The molecule has 0 saturated heterocycles. The van der Waals surface area contributed by atoms with E-state index < -0.39 is 0 Å². The summed E-state index contributed by atoms with van der Waals surface area (Å²) >= 11 is 0. The highest BCUT2D eigenvalue weighted by atomic mass is 16.5. The number of para-hydroxylation sites is 1. The van der Waals surface area contributed by atoms with E-state index in [1.807, 2.05) is 53.4 Å². The van der Waals surface area contributed by atoms with Crippen LogP contribution in [0.2, 0.25) is 0 Å². The minimum absolute atomic E-state index is 0.0525. The van der Waals surface area contributed by atoms with Gasteiger partial charge in [0.15, 0.2) is 0 Å². The molecule has 5 nitrogen and oxygen atoms in total. The molecule has 0 fully saturated rings. The van der Waals surface area contributed by atoms with Gasteiger partial charge in [0.2, 0.25) is 0 Å². The SMILES string of the molecule is CCCCCCOc1ccc(C2Nc3ccccc3C(=O)N2CCCOC)cc1. The first-order valence-corrected chi connectivity index (χ1v) is 10.6. The molecule has 1 unspecified atom stereocenters. The highest BCUT2D eigenvalue weighted by Gasteiger charge is 2.32. The van der Waals surface area contributed by atoms with E-state index in [4.69, 9.17) is 9.47 Å². The Kier molecular flexibility index (Phi) is 7.94. The van der Waals surface area contributed by atoms with Crippen molar-refractivity contribution in [3.8, 4) is 5.75 Å². The quantitative estimate of drug-likeness (QED) is 0.527. The molecule has 2 aromatic carbocycles. The zero-order valence-corrected chi connectivity index (χ0v) is 17.5. The topological polar surface area (TPSA) is 50.8 Å². The number of amides is 1. The van der Waals surface area contributed by atoms with Crippen molar-refractivity contribution in [3.63, 3.8) is 0 Å². The highest BCUT2D eigenvalue weighted by molar-refractivity contribution is 6.01. The van der Waals surface area contributed by atoms with Crippen LogP contribution in [0.25, 0.3) is 0 Å². The largest absolute Gasteiger partial charge is 0.494 e. The summed E-state index contributed by atoms with van der Waals surface area (Å²) in [5.74, 6) is 0.926. The number of anilines is 1. The molecule has 1 aliphatic rings. The second kappa shape index (κ2) is 10.9. The van der Waals surface area contributed by atoms with Gasteiger partial charge in [0, 0.05) is 25.9 Å². The molecule has 0 radical (unpaired) electrons. The molecule has 0 bridgehead atoms. The van der Waals surface area contributed by atoms with Crippen LogP contribution in [-0.4, -0.2) is 37.7 Å². The molecule has 3 rings (SSSR count). The summed E-state index contributed by atoms with van der Waals surface area (Å²) < 4.78 is 11.0. The monoisotopic (exact) mass is 396 g/mol. The number of nitrogens with one attached hydrogen (secondary N) is 1. The minimum atomic E-state index is -0.201. The second-order valence-electron chi connectivity index (χ2n) is 7.42. The first-order valence-electron chi connectivity index (χ1n) is 10.6. The van der Waals surface area contributed by atoms with Crippen LogP contribution in [-0.2, 0) is 4.74 Å². The van der Waals surface area contributed by atoms with E-state index in [9.17, 15) is 4.79 Å². The third kappa shape index (κ3) is 5.51. The van der Waals surface area contributed by atoms with Crippen molar-refractivity contribution < 1.29 is 14.3 Å². The van der Waals surface area contributed by atoms with Crippen molar-refractivity contribution in [3.05, 3.63) is 59.7 Å². The maximum atomic E-state index is 13.1. The maximum absolute atomic E-state index is 13.1. The molecule has 0 aliphatic carbocycles. The average molecular weight is 397 g/mol. The van der Waals surface area contributed by atoms with E-state index in [1.165, 1.54) is 19.3 Å². The summed E-state index contributed by atoms with van der Waals surface area (Å²) in [6.45, 7) is 4.22. The summed E-state index contributed by atoms with van der Waals surface area (Å²) in [4.78, 5) is 15.0. The zero-order chi connectivity index (χ0) is 20.5. The lowest BCUT2D eigenvalue weighted by molar-refractivity contribution is 0.0660. The van der Waals surface area contributed by atoms with Crippen molar-refractivity contribution in [1.82, 2.24) is 4.90 Å². The third-order valence-electron chi connectivity index (χ3n) is 5.23. The number of hydrogen-bond donors (Lipinski definition) is 1. The molecule has 2 aromatic rings. The van der Waals surface area contributed by atoms with Crippen LogP contribution in [0.4, 0.5) is 5.69 Å². The van der Waals surface area contributed by atoms with E-state index in [1.54, 1.807) is 7.11 Å². The van der Waals surface area contributed by atoms with Crippen molar-refractivity contribution in [2.75, 3.05) is 32.2 Å². The van der Waals surface area contributed by atoms with E-state index in [0.717, 1.165) is 36.4 Å². The van der Waals surface area contributed by atoms with Gasteiger partial charge in [-0.1, -0.05) is 50.5 Å². The Balaban J connectivity index is 1.71. The molecule has 1 aliphatic heterocycles. The highest BCUT2D eigenvalue weighted by Crippen LogP contribution is 2.33. The number of rotatable bonds is 11. The predicted octanol–water partition coefficient (Wildman–Crippen LogP) is 5.25.